The van der Waals surface area contributed by atoms with Crippen LogP contribution < -0.4 is 9.47 Å². The predicted molar refractivity (Wildman–Crippen MR) is 127 cm³/mol. The summed E-state index contributed by atoms with van der Waals surface area (Å²) < 4.78 is 11.3. The second-order valence-electron chi connectivity index (χ2n) is 8.59. The highest BCUT2D eigenvalue weighted by molar-refractivity contribution is 6.46. The number of Topliss-reactive ketones (excluding diaryl/α,β-unsaturated/α-hetero) is 1. The Hall–Kier alpha value is -3.32. The molecule has 0 saturated carbocycles. The van der Waals surface area contributed by atoms with Crippen LogP contribution in [0, 0.1) is 0 Å². The lowest BCUT2D eigenvalue weighted by Gasteiger charge is -2.27. The zero-order valence-electron chi connectivity index (χ0n) is 19.9. The summed E-state index contributed by atoms with van der Waals surface area (Å²) in [7, 11) is 5.46. The number of carbonyl (C=O) groups is 2. The Morgan fingerprint density at radius 2 is 1.85 bits per heavy atom. The molecular formula is C26H32N2O5. The molecule has 1 amide bonds. The molecule has 1 aliphatic heterocycles. The van der Waals surface area contributed by atoms with Gasteiger partial charge in [-0.05, 0) is 59.1 Å². The van der Waals surface area contributed by atoms with E-state index in [1.165, 1.54) is 4.90 Å². The second-order valence-corrected chi connectivity index (χ2v) is 8.59. The van der Waals surface area contributed by atoms with Crippen LogP contribution in [0.5, 0.6) is 11.5 Å². The fourth-order valence-corrected chi connectivity index (χ4v) is 4.03. The molecule has 7 nitrogen and oxygen atoms in total. The van der Waals surface area contributed by atoms with Crippen LogP contribution in [0.2, 0.25) is 0 Å². The summed E-state index contributed by atoms with van der Waals surface area (Å²) in [4.78, 5) is 29.8. The molecule has 1 aliphatic rings. The number of rotatable bonds is 9. The van der Waals surface area contributed by atoms with Crippen molar-refractivity contribution in [3.8, 4) is 11.5 Å². The topological polar surface area (TPSA) is 79.3 Å². The first-order chi connectivity index (χ1) is 15.7. The van der Waals surface area contributed by atoms with Gasteiger partial charge in [0.15, 0.2) is 0 Å². The molecule has 1 unspecified atom stereocenters. The Balaban J connectivity index is 2.13. The summed E-state index contributed by atoms with van der Waals surface area (Å²) in [6.45, 7) is 4.95. The molecule has 0 aliphatic carbocycles. The summed E-state index contributed by atoms with van der Waals surface area (Å²) in [5, 5.41) is 11.3. The Morgan fingerprint density at radius 3 is 2.52 bits per heavy atom. The minimum absolute atomic E-state index is 0.0433. The monoisotopic (exact) mass is 452 g/mol. The summed E-state index contributed by atoms with van der Waals surface area (Å²) >= 11 is 0. The van der Waals surface area contributed by atoms with Crippen molar-refractivity contribution in [2.24, 2.45) is 0 Å². The standard InChI is InChI=1S/C26H32N2O5/c1-17(2)33-19-11-8-10-18(16-19)24(29)22-23(20-12-6-7-13-21(20)32-5)28(26(31)25(22)30)15-9-14-27(3)4/h6-8,10-13,16-17,23,29H,9,14-15H2,1-5H3/b24-22+. The molecule has 33 heavy (non-hydrogen) atoms. The van der Waals surface area contributed by atoms with Gasteiger partial charge in [-0.2, -0.15) is 0 Å². The number of hydrogen-bond donors (Lipinski definition) is 1. The average molecular weight is 453 g/mol. The number of hydrogen-bond acceptors (Lipinski definition) is 6. The highest BCUT2D eigenvalue weighted by Crippen LogP contribution is 2.42. The van der Waals surface area contributed by atoms with Crippen molar-refractivity contribution >= 4 is 17.4 Å². The van der Waals surface area contributed by atoms with E-state index in [4.69, 9.17) is 9.47 Å². The van der Waals surface area contributed by atoms with Gasteiger partial charge in [-0.25, -0.2) is 0 Å². The van der Waals surface area contributed by atoms with Gasteiger partial charge in [-0.15, -0.1) is 0 Å². The molecule has 0 spiro atoms. The molecule has 1 fully saturated rings. The van der Waals surface area contributed by atoms with Crippen molar-refractivity contribution in [2.45, 2.75) is 32.4 Å². The molecule has 1 heterocycles. The largest absolute Gasteiger partial charge is 0.507 e. The van der Waals surface area contributed by atoms with E-state index in [1.54, 1.807) is 37.4 Å². The zero-order valence-corrected chi connectivity index (χ0v) is 19.9. The molecule has 0 aromatic heterocycles. The van der Waals surface area contributed by atoms with Gasteiger partial charge in [0, 0.05) is 17.7 Å². The van der Waals surface area contributed by atoms with Crippen molar-refractivity contribution in [1.82, 2.24) is 9.80 Å². The summed E-state index contributed by atoms with van der Waals surface area (Å²) in [6.07, 6.45) is 0.641. The molecule has 7 heteroatoms. The SMILES string of the molecule is COc1ccccc1C1/C(=C(\O)c2cccc(OC(C)C)c2)C(=O)C(=O)N1CCCN(C)C. The third-order valence-corrected chi connectivity index (χ3v) is 5.46. The smallest absolute Gasteiger partial charge is 0.295 e. The molecule has 0 bridgehead atoms. The maximum absolute atomic E-state index is 13.2. The Bertz CT molecular complexity index is 1040. The van der Waals surface area contributed by atoms with Gasteiger partial charge in [0.25, 0.3) is 11.7 Å². The molecule has 176 valence electrons. The number of benzene rings is 2. The third-order valence-electron chi connectivity index (χ3n) is 5.46. The van der Waals surface area contributed by atoms with E-state index in [9.17, 15) is 14.7 Å². The van der Waals surface area contributed by atoms with Crippen LogP contribution in [0.25, 0.3) is 5.76 Å². The maximum atomic E-state index is 13.2. The van der Waals surface area contributed by atoms with Gasteiger partial charge in [0.05, 0.1) is 24.8 Å². The van der Waals surface area contributed by atoms with Crippen LogP contribution in [-0.4, -0.2) is 67.0 Å². The third kappa shape index (κ3) is 5.37. The van der Waals surface area contributed by atoms with Crippen molar-refractivity contribution in [2.75, 3.05) is 34.3 Å². The Labute approximate surface area is 195 Å². The fourth-order valence-electron chi connectivity index (χ4n) is 4.03. The van der Waals surface area contributed by atoms with Crippen LogP contribution in [0.15, 0.2) is 54.1 Å². The normalized spacial score (nSPS) is 17.8. The van der Waals surface area contributed by atoms with E-state index < -0.39 is 17.7 Å². The molecule has 2 aromatic rings. The highest BCUT2D eigenvalue weighted by atomic mass is 16.5. The van der Waals surface area contributed by atoms with Gasteiger partial charge in [0.2, 0.25) is 0 Å². The van der Waals surface area contributed by atoms with Crippen molar-refractivity contribution < 1.29 is 24.2 Å². The molecule has 1 saturated heterocycles. The van der Waals surface area contributed by atoms with Crippen molar-refractivity contribution in [1.29, 1.82) is 0 Å². The predicted octanol–water partition coefficient (Wildman–Crippen LogP) is 3.86. The van der Waals surface area contributed by atoms with Crippen LogP contribution >= 0.6 is 0 Å². The summed E-state index contributed by atoms with van der Waals surface area (Å²) in [5.41, 5.74) is 1.12. The van der Waals surface area contributed by atoms with Crippen molar-refractivity contribution in [3.05, 3.63) is 65.2 Å². The molecule has 1 N–H and O–H groups in total. The Kier molecular flexibility index (Phi) is 7.76. The Morgan fingerprint density at radius 1 is 1.12 bits per heavy atom. The highest BCUT2D eigenvalue weighted by Gasteiger charge is 2.46. The number of carbonyl (C=O) groups excluding carboxylic acids is 2. The molecule has 1 atom stereocenters. The van der Waals surface area contributed by atoms with E-state index >= 15 is 0 Å². The number of aliphatic hydroxyl groups excluding tert-OH is 1. The quantitative estimate of drug-likeness (QED) is 0.354. The molecule has 3 rings (SSSR count). The maximum Gasteiger partial charge on any atom is 0.295 e. The number of ketones is 1. The van der Waals surface area contributed by atoms with E-state index in [2.05, 4.69) is 0 Å². The first kappa shape index (κ1) is 24.3. The fraction of sp³-hybridized carbons (Fsp3) is 0.385. The number of likely N-dealkylation sites (tertiary alicyclic amines) is 1. The first-order valence-electron chi connectivity index (χ1n) is 11.1. The van der Waals surface area contributed by atoms with E-state index in [-0.39, 0.29) is 17.4 Å². The van der Waals surface area contributed by atoms with E-state index in [0.29, 0.717) is 35.6 Å². The van der Waals surface area contributed by atoms with E-state index in [0.717, 1.165) is 6.54 Å². The minimum Gasteiger partial charge on any atom is -0.507 e. The number of ether oxygens (including phenoxy) is 2. The van der Waals surface area contributed by atoms with Crippen LogP contribution in [0.3, 0.4) is 0 Å². The minimum atomic E-state index is -0.752. The lowest BCUT2D eigenvalue weighted by Crippen LogP contribution is -2.32. The number of para-hydroxylation sites is 1. The lowest BCUT2D eigenvalue weighted by molar-refractivity contribution is -0.140. The molecule has 0 radical (unpaired) electrons. The van der Waals surface area contributed by atoms with Gasteiger partial charge in [-0.3, -0.25) is 9.59 Å². The van der Waals surface area contributed by atoms with Crippen LogP contribution in [0.4, 0.5) is 0 Å². The summed E-state index contributed by atoms with van der Waals surface area (Å²) in [5.74, 6) is -0.439. The summed E-state index contributed by atoms with van der Waals surface area (Å²) in [6, 6.07) is 13.4. The van der Waals surface area contributed by atoms with Crippen LogP contribution in [0.1, 0.15) is 37.4 Å². The van der Waals surface area contributed by atoms with Gasteiger partial charge in [-0.1, -0.05) is 30.3 Å². The van der Waals surface area contributed by atoms with Gasteiger partial charge in [0.1, 0.15) is 17.3 Å². The first-order valence-corrected chi connectivity index (χ1v) is 11.1. The number of nitrogens with zero attached hydrogens (tertiary/aromatic N) is 2. The molecular weight excluding hydrogens is 420 g/mol. The average Bonchev–Trinajstić information content (AvgIpc) is 3.03. The number of amides is 1. The van der Waals surface area contributed by atoms with Crippen molar-refractivity contribution in [3.63, 3.8) is 0 Å². The second kappa shape index (κ2) is 10.5. The number of methoxy groups -OCH3 is 1. The van der Waals surface area contributed by atoms with Crippen LogP contribution in [-0.2, 0) is 9.59 Å². The molecule has 2 aromatic carbocycles. The lowest BCUT2D eigenvalue weighted by atomic mass is 9.94. The number of aliphatic hydroxyl groups is 1. The van der Waals surface area contributed by atoms with E-state index in [1.807, 2.05) is 51.0 Å². The van der Waals surface area contributed by atoms with Gasteiger partial charge < -0.3 is 24.4 Å². The van der Waals surface area contributed by atoms with Gasteiger partial charge >= 0.3 is 0 Å². The zero-order chi connectivity index (χ0) is 24.1.